The number of aromatic nitrogens is 1. The number of thioether (sulfide) groups is 1. The Labute approximate surface area is 203 Å². The lowest BCUT2D eigenvalue weighted by Crippen LogP contribution is -2.08. The quantitative estimate of drug-likeness (QED) is 0.137. The van der Waals surface area contributed by atoms with Crippen molar-refractivity contribution in [2.45, 2.75) is 4.21 Å². The summed E-state index contributed by atoms with van der Waals surface area (Å²) in [5.41, 5.74) is 8.44. The number of nitrogen functional groups attached to an aromatic ring is 1. The first-order chi connectivity index (χ1) is 14.5. The number of thiophene rings is 1. The average molecular weight is 510 g/mol. The third kappa shape index (κ3) is 5.72. The first-order valence-electron chi connectivity index (χ1n) is 8.80. The number of anilines is 2. The number of halogens is 2. The highest BCUT2D eigenvalue weighted by Gasteiger charge is 2.15. The molecule has 0 fully saturated rings. The van der Waals surface area contributed by atoms with Crippen molar-refractivity contribution in [2.75, 3.05) is 11.6 Å². The molecule has 0 unspecified atom stereocenters. The van der Waals surface area contributed by atoms with Gasteiger partial charge in [0, 0.05) is 21.7 Å². The van der Waals surface area contributed by atoms with E-state index >= 15 is 0 Å². The summed E-state index contributed by atoms with van der Waals surface area (Å²) < 4.78 is 6.92. The smallest absolute Gasteiger partial charge is 0.187 e. The molecule has 0 saturated heterocycles. The van der Waals surface area contributed by atoms with Gasteiger partial charge < -0.3 is 15.8 Å². The van der Waals surface area contributed by atoms with Crippen LogP contribution in [0.25, 0.3) is 11.3 Å². The molecule has 31 heavy (non-hydrogen) atoms. The first-order valence-corrected chi connectivity index (χ1v) is 12.1. The zero-order chi connectivity index (χ0) is 21.1. The molecule has 0 aliphatic rings. The molecule has 160 valence electrons. The van der Waals surface area contributed by atoms with E-state index in [0.29, 0.717) is 5.02 Å². The number of amidine groups is 1. The van der Waals surface area contributed by atoms with Crippen molar-refractivity contribution >= 4 is 75.1 Å². The number of nitrogens with zero attached hydrogens (tertiary/aromatic N) is 1. The van der Waals surface area contributed by atoms with E-state index in [1.54, 1.807) is 23.9 Å². The van der Waals surface area contributed by atoms with Gasteiger partial charge in [0.05, 0.1) is 14.8 Å². The summed E-state index contributed by atoms with van der Waals surface area (Å²) in [7, 11) is 0. The monoisotopic (exact) mass is 508 g/mol. The van der Waals surface area contributed by atoms with E-state index in [1.807, 2.05) is 54.1 Å². The van der Waals surface area contributed by atoms with Gasteiger partial charge in [-0.2, -0.15) is 0 Å². The normalized spacial score (nSPS) is 10.4. The van der Waals surface area contributed by atoms with Crippen LogP contribution in [0, 0.1) is 5.41 Å². The lowest BCUT2D eigenvalue weighted by Gasteiger charge is -2.07. The molecule has 0 amide bonds. The molecular weight excluding hydrogens is 491 g/mol. The molecule has 5 nitrogen and oxygen atoms in total. The molecule has 10 heteroatoms. The largest absolute Gasteiger partial charge is 0.457 e. The van der Waals surface area contributed by atoms with Gasteiger partial charge in [0.2, 0.25) is 0 Å². The van der Waals surface area contributed by atoms with Crippen LogP contribution >= 0.6 is 58.4 Å². The fraction of sp³-hybridized carbons (Fsp3) is 0.0476. The average Bonchev–Trinajstić information content (AvgIpc) is 3.38. The van der Waals surface area contributed by atoms with E-state index in [1.165, 1.54) is 22.7 Å². The minimum atomic E-state index is 0. The molecule has 0 bridgehead atoms. The van der Waals surface area contributed by atoms with Crippen molar-refractivity contribution in [1.82, 2.24) is 4.98 Å². The molecular formula is C21H18Cl2N4OS3. The van der Waals surface area contributed by atoms with E-state index in [-0.39, 0.29) is 18.2 Å². The van der Waals surface area contributed by atoms with Crippen molar-refractivity contribution in [3.63, 3.8) is 0 Å². The summed E-state index contributed by atoms with van der Waals surface area (Å²) >= 11 is 10.6. The predicted molar refractivity (Wildman–Crippen MR) is 137 cm³/mol. The minimum absolute atomic E-state index is 0. The Bertz CT molecular complexity index is 1170. The highest BCUT2D eigenvalue weighted by atomic mass is 35.5. The number of thiazole rings is 1. The van der Waals surface area contributed by atoms with Gasteiger partial charge in [-0.25, -0.2) is 4.98 Å². The summed E-state index contributed by atoms with van der Waals surface area (Å²) in [6, 6.07) is 16.9. The van der Waals surface area contributed by atoms with Crippen molar-refractivity contribution in [3.8, 4) is 22.8 Å². The van der Waals surface area contributed by atoms with Crippen LogP contribution in [-0.4, -0.2) is 17.1 Å². The van der Waals surface area contributed by atoms with Gasteiger partial charge in [-0.1, -0.05) is 11.6 Å². The summed E-state index contributed by atoms with van der Waals surface area (Å²) in [5.74, 6) is 1.55. The van der Waals surface area contributed by atoms with Crippen LogP contribution in [0.15, 0.2) is 64.2 Å². The molecule has 0 aliphatic heterocycles. The topological polar surface area (TPSA) is 84.0 Å². The number of hydrogen-bond donors (Lipinski definition) is 3. The zero-order valence-electron chi connectivity index (χ0n) is 16.2. The summed E-state index contributed by atoms with van der Waals surface area (Å²) in [6.07, 6.45) is 2.01. The fourth-order valence-electron chi connectivity index (χ4n) is 2.66. The molecule has 0 spiro atoms. The fourth-order valence-corrected chi connectivity index (χ4v) is 5.26. The molecule has 2 heterocycles. The van der Waals surface area contributed by atoms with Crippen molar-refractivity contribution in [2.24, 2.45) is 5.73 Å². The van der Waals surface area contributed by atoms with Crippen molar-refractivity contribution in [3.05, 3.63) is 69.9 Å². The standard InChI is InChI=1S/C21H17ClN4OS3.ClH/c1-28-20-16(10-18(30-20)19(23)24)17-11-29-21(26-17)25-13-4-8-15(9-5-13)27-14-6-2-12(22)3-7-14;/h2-11H,1H3,(H3,23,24)(H,25,26);1H. The predicted octanol–water partition coefficient (Wildman–Crippen LogP) is 7.49. The highest BCUT2D eigenvalue weighted by Crippen LogP contribution is 2.39. The van der Waals surface area contributed by atoms with E-state index in [9.17, 15) is 0 Å². The lowest BCUT2D eigenvalue weighted by molar-refractivity contribution is 0.483. The Morgan fingerprint density at radius 2 is 1.77 bits per heavy atom. The van der Waals surface area contributed by atoms with E-state index < -0.39 is 0 Å². The van der Waals surface area contributed by atoms with Crippen LogP contribution in [0.1, 0.15) is 4.88 Å². The summed E-state index contributed by atoms with van der Waals surface area (Å²) in [5, 5.41) is 14.5. The van der Waals surface area contributed by atoms with Gasteiger partial charge in [0.15, 0.2) is 5.13 Å². The van der Waals surface area contributed by atoms with Gasteiger partial charge in [-0.15, -0.1) is 46.8 Å². The van der Waals surface area contributed by atoms with Gasteiger partial charge in [0.25, 0.3) is 0 Å². The Kier molecular flexibility index (Phi) is 7.85. The van der Waals surface area contributed by atoms with Crippen molar-refractivity contribution < 1.29 is 4.74 Å². The third-order valence-corrected chi connectivity index (χ3v) is 7.40. The molecule has 0 aliphatic carbocycles. The van der Waals surface area contributed by atoms with Crippen LogP contribution in [0.4, 0.5) is 10.8 Å². The second-order valence-electron chi connectivity index (χ2n) is 6.17. The Morgan fingerprint density at radius 3 is 2.39 bits per heavy atom. The number of ether oxygens (including phenoxy) is 1. The van der Waals surface area contributed by atoms with Gasteiger partial charge >= 0.3 is 0 Å². The van der Waals surface area contributed by atoms with Crippen LogP contribution in [-0.2, 0) is 0 Å². The van der Waals surface area contributed by atoms with E-state index in [4.69, 9.17) is 32.5 Å². The van der Waals surface area contributed by atoms with E-state index in [2.05, 4.69) is 5.32 Å². The molecule has 2 aromatic carbocycles. The Balaban J connectivity index is 0.00000272. The maximum absolute atomic E-state index is 7.67. The second-order valence-corrected chi connectivity index (χ2v) is 9.59. The third-order valence-electron chi connectivity index (χ3n) is 4.08. The maximum Gasteiger partial charge on any atom is 0.187 e. The van der Waals surface area contributed by atoms with Crippen LogP contribution in [0.5, 0.6) is 11.5 Å². The number of nitrogens with two attached hydrogens (primary N) is 1. The second kappa shape index (κ2) is 10.4. The molecule has 0 atom stereocenters. The number of nitrogens with one attached hydrogen (secondary N) is 2. The summed E-state index contributed by atoms with van der Waals surface area (Å²) in [6.45, 7) is 0. The SMILES string of the molecule is CSc1sc(C(=N)N)cc1-c1csc(Nc2ccc(Oc3ccc(Cl)cc3)cc2)n1.Cl. The highest BCUT2D eigenvalue weighted by molar-refractivity contribution is 8.00. The molecule has 0 radical (unpaired) electrons. The number of rotatable bonds is 7. The number of benzene rings is 2. The lowest BCUT2D eigenvalue weighted by atomic mass is 10.2. The molecule has 4 rings (SSSR count). The zero-order valence-corrected chi connectivity index (χ0v) is 20.2. The van der Waals surface area contributed by atoms with Crippen molar-refractivity contribution in [1.29, 1.82) is 5.41 Å². The molecule has 0 saturated carbocycles. The first kappa shape index (κ1) is 23.4. The Morgan fingerprint density at radius 1 is 1.13 bits per heavy atom. The summed E-state index contributed by atoms with van der Waals surface area (Å²) in [4.78, 5) is 5.46. The molecule has 4 N–H and O–H groups in total. The Hall–Kier alpha value is -2.23. The number of hydrogen-bond acceptors (Lipinski definition) is 7. The minimum Gasteiger partial charge on any atom is -0.457 e. The van der Waals surface area contributed by atoms with Crippen LogP contribution in [0.2, 0.25) is 5.02 Å². The van der Waals surface area contributed by atoms with Crippen LogP contribution in [0.3, 0.4) is 0 Å². The van der Waals surface area contributed by atoms with E-state index in [0.717, 1.165) is 42.7 Å². The van der Waals surface area contributed by atoms with Gasteiger partial charge in [0.1, 0.15) is 17.3 Å². The molecule has 2 aromatic heterocycles. The molecule has 4 aromatic rings. The maximum atomic E-state index is 7.67. The van der Waals surface area contributed by atoms with Gasteiger partial charge in [-0.3, -0.25) is 5.41 Å². The van der Waals surface area contributed by atoms with Crippen LogP contribution < -0.4 is 15.8 Å². The van der Waals surface area contributed by atoms with Gasteiger partial charge in [-0.05, 0) is 60.9 Å².